The van der Waals surface area contributed by atoms with E-state index in [1.54, 1.807) is 0 Å². The van der Waals surface area contributed by atoms with Crippen LogP contribution >= 0.6 is 11.8 Å². The number of carbonyl (C=O) groups is 4. The van der Waals surface area contributed by atoms with Crippen LogP contribution in [0, 0.1) is 5.82 Å². The molecule has 10 heteroatoms. The van der Waals surface area contributed by atoms with E-state index in [0.29, 0.717) is 17.4 Å². The second-order valence-corrected chi connectivity index (χ2v) is 6.63. The fraction of sp³-hybridized carbons (Fsp3) is 0.250. The number of hydrogen-bond donors (Lipinski definition) is 2. The molecule has 2 aliphatic heterocycles. The number of halogens is 1. The van der Waals surface area contributed by atoms with E-state index in [4.69, 9.17) is 4.74 Å². The number of nitrogens with zero attached hydrogens (tertiary/aromatic N) is 1. The van der Waals surface area contributed by atoms with Gasteiger partial charge in [-0.3, -0.25) is 24.6 Å². The number of nitrogens with one attached hydrogen (secondary N) is 2. The molecule has 3 rings (SSSR count). The molecular weight excluding hydrogens is 365 g/mol. The zero-order chi connectivity index (χ0) is 18.8. The van der Waals surface area contributed by atoms with E-state index >= 15 is 0 Å². The van der Waals surface area contributed by atoms with Gasteiger partial charge < -0.3 is 10.1 Å². The maximum atomic E-state index is 14.4. The SMILES string of the molecule is CC(=O)NCC1CN(c2ccc(/C=C3\SC(=O)NC3=O)c(F)c2)C(=O)O1. The molecule has 0 bridgehead atoms. The first-order valence-electron chi connectivity index (χ1n) is 7.60. The molecule has 2 fully saturated rings. The molecule has 2 N–H and O–H groups in total. The first kappa shape index (κ1) is 17.9. The second-order valence-electron chi connectivity index (χ2n) is 5.61. The number of imide groups is 1. The Morgan fingerprint density at radius 2 is 2.23 bits per heavy atom. The van der Waals surface area contributed by atoms with Crippen molar-refractivity contribution in [2.45, 2.75) is 13.0 Å². The Morgan fingerprint density at radius 3 is 2.85 bits per heavy atom. The first-order valence-corrected chi connectivity index (χ1v) is 8.42. The molecule has 0 aliphatic carbocycles. The van der Waals surface area contributed by atoms with Gasteiger partial charge in [0.1, 0.15) is 11.9 Å². The molecule has 26 heavy (non-hydrogen) atoms. The first-order chi connectivity index (χ1) is 12.3. The van der Waals surface area contributed by atoms with Crippen molar-refractivity contribution < 1.29 is 28.3 Å². The average Bonchev–Trinajstić information content (AvgIpc) is 3.09. The van der Waals surface area contributed by atoms with Gasteiger partial charge in [0.15, 0.2) is 0 Å². The number of amides is 4. The number of carbonyl (C=O) groups excluding carboxylic acids is 4. The zero-order valence-electron chi connectivity index (χ0n) is 13.6. The van der Waals surface area contributed by atoms with Gasteiger partial charge in [0, 0.05) is 12.5 Å². The molecule has 2 heterocycles. The summed E-state index contributed by atoms with van der Waals surface area (Å²) in [7, 11) is 0. The van der Waals surface area contributed by atoms with Crippen LogP contribution in [0.1, 0.15) is 12.5 Å². The highest BCUT2D eigenvalue weighted by Crippen LogP contribution is 2.29. The van der Waals surface area contributed by atoms with Crippen molar-refractivity contribution >= 4 is 46.7 Å². The minimum atomic E-state index is -0.652. The maximum absolute atomic E-state index is 14.4. The van der Waals surface area contributed by atoms with Crippen LogP contribution in [0.25, 0.3) is 6.08 Å². The van der Waals surface area contributed by atoms with Gasteiger partial charge in [-0.15, -0.1) is 0 Å². The molecule has 1 unspecified atom stereocenters. The molecule has 0 saturated carbocycles. The predicted octanol–water partition coefficient (Wildman–Crippen LogP) is 1.61. The van der Waals surface area contributed by atoms with Gasteiger partial charge in [-0.1, -0.05) is 0 Å². The summed E-state index contributed by atoms with van der Waals surface area (Å²) in [4.78, 5) is 46.9. The van der Waals surface area contributed by atoms with Crippen molar-refractivity contribution in [1.29, 1.82) is 0 Å². The summed E-state index contributed by atoms with van der Waals surface area (Å²) in [5.74, 6) is -1.47. The number of ether oxygens (including phenoxy) is 1. The predicted molar refractivity (Wildman–Crippen MR) is 91.8 cm³/mol. The van der Waals surface area contributed by atoms with Crippen molar-refractivity contribution in [1.82, 2.24) is 10.6 Å². The highest BCUT2D eigenvalue weighted by atomic mass is 32.2. The third-order valence-corrected chi connectivity index (χ3v) is 4.49. The van der Waals surface area contributed by atoms with Crippen molar-refractivity contribution in [3.8, 4) is 0 Å². The number of thioether (sulfide) groups is 1. The topological polar surface area (TPSA) is 105 Å². The van der Waals surface area contributed by atoms with Gasteiger partial charge in [-0.25, -0.2) is 9.18 Å². The zero-order valence-corrected chi connectivity index (χ0v) is 14.4. The van der Waals surface area contributed by atoms with E-state index in [1.165, 1.54) is 30.0 Å². The van der Waals surface area contributed by atoms with Crippen LogP contribution in [0.2, 0.25) is 0 Å². The largest absolute Gasteiger partial charge is 0.442 e. The van der Waals surface area contributed by atoms with E-state index in [1.807, 2.05) is 0 Å². The van der Waals surface area contributed by atoms with Gasteiger partial charge >= 0.3 is 6.09 Å². The number of rotatable bonds is 4. The van der Waals surface area contributed by atoms with E-state index < -0.39 is 29.2 Å². The summed E-state index contributed by atoms with van der Waals surface area (Å²) in [6.45, 7) is 1.70. The Bertz CT molecular complexity index is 841. The lowest BCUT2D eigenvalue weighted by Crippen LogP contribution is -2.33. The summed E-state index contributed by atoms with van der Waals surface area (Å²) in [5.41, 5.74) is 0.406. The fourth-order valence-corrected chi connectivity index (χ4v) is 3.13. The molecule has 2 aliphatic rings. The highest BCUT2D eigenvalue weighted by Gasteiger charge is 2.33. The quantitative estimate of drug-likeness (QED) is 0.770. The normalized spacial score (nSPS) is 21.2. The molecule has 0 spiro atoms. The summed E-state index contributed by atoms with van der Waals surface area (Å²) in [6, 6.07) is 4.06. The molecular formula is C16H14FN3O5S. The Labute approximate surface area is 151 Å². The summed E-state index contributed by atoms with van der Waals surface area (Å²) >= 11 is 0.691. The summed E-state index contributed by atoms with van der Waals surface area (Å²) in [6.07, 6.45) is 0.106. The maximum Gasteiger partial charge on any atom is 0.414 e. The molecule has 1 atom stereocenters. The van der Waals surface area contributed by atoms with E-state index in [-0.39, 0.29) is 29.5 Å². The molecule has 136 valence electrons. The molecule has 4 amide bonds. The monoisotopic (exact) mass is 379 g/mol. The third-order valence-electron chi connectivity index (χ3n) is 3.68. The Balaban J connectivity index is 1.74. The van der Waals surface area contributed by atoms with Crippen molar-refractivity contribution in [2.75, 3.05) is 18.0 Å². The smallest absolute Gasteiger partial charge is 0.414 e. The van der Waals surface area contributed by atoms with E-state index in [9.17, 15) is 23.6 Å². The van der Waals surface area contributed by atoms with Gasteiger partial charge in [0.25, 0.3) is 11.1 Å². The lowest BCUT2D eigenvalue weighted by Gasteiger charge is -2.14. The fourth-order valence-electron chi connectivity index (χ4n) is 2.46. The molecule has 0 aromatic heterocycles. The van der Waals surface area contributed by atoms with Crippen molar-refractivity contribution in [2.24, 2.45) is 0 Å². The van der Waals surface area contributed by atoms with Crippen molar-refractivity contribution in [3.05, 3.63) is 34.5 Å². The van der Waals surface area contributed by atoms with Gasteiger partial charge in [-0.2, -0.15) is 0 Å². The minimum absolute atomic E-state index is 0.0950. The lowest BCUT2D eigenvalue weighted by molar-refractivity contribution is -0.119. The number of hydrogen-bond acceptors (Lipinski definition) is 6. The van der Waals surface area contributed by atoms with Gasteiger partial charge in [0.2, 0.25) is 5.91 Å². The van der Waals surface area contributed by atoms with Gasteiger partial charge in [-0.05, 0) is 36.0 Å². The van der Waals surface area contributed by atoms with Crippen LogP contribution in [-0.2, 0) is 14.3 Å². The molecule has 1 aromatic rings. The highest BCUT2D eigenvalue weighted by molar-refractivity contribution is 8.18. The molecule has 2 saturated heterocycles. The van der Waals surface area contributed by atoms with E-state index in [2.05, 4.69) is 10.6 Å². The van der Waals surface area contributed by atoms with Crippen LogP contribution in [0.15, 0.2) is 23.1 Å². The van der Waals surface area contributed by atoms with Crippen LogP contribution < -0.4 is 15.5 Å². The lowest BCUT2D eigenvalue weighted by atomic mass is 10.1. The van der Waals surface area contributed by atoms with Crippen LogP contribution in [0.5, 0.6) is 0 Å². The van der Waals surface area contributed by atoms with Crippen LogP contribution in [0.3, 0.4) is 0 Å². The number of benzene rings is 1. The second kappa shape index (κ2) is 7.16. The summed E-state index contributed by atoms with van der Waals surface area (Å²) in [5, 5.41) is 4.13. The van der Waals surface area contributed by atoms with Gasteiger partial charge in [0.05, 0.1) is 23.7 Å². The third kappa shape index (κ3) is 3.85. The Hall–Kier alpha value is -2.88. The average molecular weight is 379 g/mol. The molecule has 1 aromatic carbocycles. The minimum Gasteiger partial charge on any atom is -0.442 e. The number of anilines is 1. The number of cyclic esters (lactones) is 1. The van der Waals surface area contributed by atoms with E-state index in [0.717, 1.165) is 6.07 Å². The molecule has 8 nitrogen and oxygen atoms in total. The van der Waals surface area contributed by atoms with Crippen LogP contribution in [0.4, 0.5) is 19.7 Å². The Kier molecular flexibility index (Phi) is 4.94. The Morgan fingerprint density at radius 1 is 1.46 bits per heavy atom. The summed E-state index contributed by atoms with van der Waals surface area (Å²) < 4.78 is 19.5. The molecule has 0 radical (unpaired) electrons. The van der Waals surface area contributed by atoms with Crippen molar-refractivity contribution in [3.63, 3.8) is 0 Å². The van der Waals surface area contributed by atoms with Crippen LogP contribution in [-0.4, -0.2) is 42.3 Å². The standard InChI is InChI=1S/C16H14FN3O5S/c1-8(21)18-6-11-7-20(16(24)25-11)10-3-2-9(12(17)5-10)4-13-14(22)19-15(23)26-13/h2-5,11H,6-7H2,1H3,(H,18,21)(H,19,22,23)/b13-4-.